The fraction of sp³-hybridized carbons (Fsp3) is 0.130. The van der Waals surface area contributed by atoms with Gasteiger partial charge in [-0.2, -0.15) is 0 Å². The van der Waals surface area contributed by atoms with Crippen molar-refractivity contribution in [1.29, 1.82) is 0 Å². The summed E-state index contributed by atoms with van der Waals surface area (Å²) in [4.78, 5) is 24.1. The first-order chi connectivity index (χ1) is 13.6. The summed E-state index contributed by atoms with van der Waals surface area (Å²) in [6.07, 6.45) is 9.18. The van der Waals surface area contributed by atoms with Crippen LogP contribution in [0.25, 0.3) is 17.0 Å². The number of furan rings is 1. The second-order valence-corrected chi connectivity index (χ2v) is 6.11. The molecule has 2 N–H and O–H groups in total. The average Bonchev–Trinajstić information content (AvgIpc) is 3.08. The molecule has 0 unspecified atom stereocenters. The molecule has 3 aromatic rings. The molecule has 0 bridgehead atoms. The highest BCUT2D eigenvalue weighted by Crippen LogP contribution is 2.27. The lowest BCUT2D eigenvalue weighted by atomic mass is 10.1. The molecule has 0 radical (unpaired) electrons. The Morgan fingerprint density at radius 1 is 1.18 bits per heavy atom. The number of aryl methyl sites for hydroxylation is 1. The largest absolute Gasteiger partial charge is 0.460 e. The number of para-hydroxylation sites is 1. The van der Waals surface area contributed by atoms with Crippen LogP contribution in [0.3, 0.4) is 0 Å². The Morgan fingerprint density at radius 3 is 2.79 bits per heavy atom. The molecule has 0 aliphatic rings. The van der Waals surface area contributed by atoms with Crippen LogP contribution < -0.4 is 10.6 Å². The van der Waals surface area contributed by atoms with Crippen molar-refractivity contribution in [3.05, 3.63) is 71.5 Å². The molecule has 0 saturated carbocycles. The number of benzene rings is 2. The van der Waals surface area contributed by atoms with Gasteiger partial charge in [-0.05, 0) is 30.3 Å². The molecule has 140 valence electrons. The van der Waals surface area contributed by atoms with Crippen molar-refractivity contribution in [3.63, 3.8) is 0 Å². The first kappa shape index (κ1) is 19.0. The molecule has 0 spiro atoms. The molecule has 0 aliphatic carbocycles. The number of carbonyl (C=O) groups excluding carboxylic acids is 2. The SMILES string of the molecule is C#Cc1cccc(NC(=O)CNC(=O)/C=C/c2c(CC)oc3ccccc23)c1. The van der Waals surface area contributed by atoms with Crippen molar-refractivity contribution in [2.75, 3.05) is 11.9 Å². The van der Waals surface area contributed by atoms with Crippen LogP contribution in [-0.4, -0.2) is 18.4 Å². The quantitative estimate of drug-likeness (QED) is 0.511. The molecular weight excluding hydrogens is 352 g/mol. The van der Waals surface area contributed by atoms with E-state index < -0.39 is 0 Å². The van der Waals surface area contributed by atoms with Gasteiger partial charge in [0.2, 0.25) is 11.8 Å². The number of rotatable bonds is 6. The van der Waals surface area contributed by atoms with E-state index in [4.69, 9.17) is 10.8 Å². The summed E-state index contributed by atoms with van der Waals surface area (Å²) in [5.41, 5.74) is 2.92. The summed E-state index contributed by atoms with van der Waals surface area (Å²) < 4.78 is 5.80. The smallest absolute Gasteiger partial charge is 0.244 e. The number of hydrogen-bond donors (Lipinski definition) is 2. The summed E-state index contributed by atoms with van der Waals surface area (Å²) in [5, 5.41) is 6.22. The fourth-order valence-corrected chi connectivity index (χ4v) is 2.84. The molecular formula is C23H20N2O3. The predicted octanol–water partition coefficient (Wildman–Crippen LogP) is 3.74. The Hall–Kier alpha value is -3.78. The van der Waals surface area contributed by atoms with Crippen LogP contribution in [-0.2, 0) is 16.0 Å². The lowest BCUT2D eigenvalue weighted by molar-refractivity contribution is -0.121. The summed E-state index contributed by atoms with van der Waals surface area (Å²) in [6, 6.07) is 14.6. The van der Waals surface area contributed by atoms with Crippen molar-refractivity contribution < 1.29 is 14.0 Å². The standard InChI is InChI=1S/C23H20N2O3/c1-3-16-8-7-9-17(14-16)25-23(27)15-24-22(26)13-12-19-18-10-5-6-11-21(18)28-20(19)4-2/h1,5-14H,4,15H2,2H3,(H,24,26)(H,25,27)/b13-12+. The second-order valence-electron chi connectivity index (χ2n) is 6.11. The van der Waals surface area contributed by atoms with Gasteiger partial charge in [-0.1, -0.05) is 37.1 Å². The molecule has 0 saturated heterocycles. The third-order valence-electron chi connectivity index (χ3n) is 4.17. The highest BCUT2D eigenvalue weighted by atomic mass is 16.3. The van der Waals surface area contributed by atoms with Gasteiger partial charge in [-0.3, -0.25) is 9.59 Å². The maximum atomic E-state index is 12.1. The highest BCUT2D eigenvalue weighted by Gasteiger charge is 2.10. The van der Waals surface area contributed by atoms with E-state index in [0.717, 1.165) is 28.7 Å². The lowest BCUT2D eigenvalue weighted by Gasteiger charge is -2.06. The summed E-state index contributed by atoms with van der Waals surface area (Å²) in [7, 11) is 0. The van der Waals surface area contributed by atoms with Crippen molar-refractivity contribution in [2.45, 2.75) is 13.3 Å². The van der Waals surface area contributed by atoms with E-state index in [1.54, 1.807) is 30.3 Å². The Kier molecular flexibility index (Phi) is 5.93. The monoisotopic (exact) mass is 372 g/mol. The Morgan fingerprint density at radius 2 is 2.00 bits per heavy atom. The van der Waals surface area contributed by atoms with Crippen LogP contribution in [0.5, 0.6) is 0 Å². The van der Waals surface area contributed by atoms with Gasteiger partial charge >= 0.3 is 0 Å². The average molecular weight is 372 g/mol. The van der Waals surface area contributed by atoms with Crippen LogP contribution in [0.15, 0.2) is 59.0 Å². The minimum atomic E-state index is -0.361. The van der Waals surface area contributed by atoms with Crippen LogP contribution in [0.4, 0.5) is 5.69 Å². The molecule has 3 rings (SSSR count). The third-order valence-corrected chi connectivity index (χ3v) is 4.17. The van der Waals surface area contributed by atoms with Gasteiger partial charge in [0.1, 0.15) is 11.3 Å². The van der Waals surface area contributed by atoms with Crippen molar-refractivity contribution >= 4 is 34.5 Å². The van der Waals surface area contributed by atoms with Gasteiger partial charge in [0, 0.05) is 34.7 Å². The summed E-state index contributed by atoms with van der Waals surface area (Å²) in [6.45, 7) is 1.85. The number of amides is 2. The number of terminal acetylenes is 1. The fourth-order valence-electron chi connectivity index (χ4n) is 2.84. The van der Waals surface area contributed by atoms with E-state index in [0.29, 0.717) is 11.3 Å². The zero-order valence-electron chi connectivity index (χ0n) is 15.5. The molecule has 0 fully saturated rings. The normalized spacial score (nSPS) is 10.7. The number of fused-ring (bicyclic) bond motifs is 1. The van der Waals surface area contributed by atoms with E-state index in [9.17, 15) is 9.59 Å². The molecule has 5 heteroatoms. The second kappa shape index (κ2) is 8.74. The zero-order valence-corrected chi connectivity index (χ0v) is 15.5. The topological polar surface area (TPSA) is 71.3 Å². The molecule has 0 atom stereocenters. The Balaban J connectivity index is 1.60. The minimum Gasteiger partial charge on any atom is -0.460 e. The molecule has 1 heterocycles. The Labute approximate surface area is 163 Å². The number of anilines is 1. The van der Waals surface area contributed by atoms with Gasteiger partial charge in [0.15, 0.2) is 0 Å². The number of hydrogen-bond acceptors (Lipinski definition) is 3. The van der Waals surface area contributed by atoms with Crippen LogP contribution in [0.2, 0.25) is 0 Å². The maximum Gasteiger partial charge on any atom is 0.244 e. The van der Waals surface area contributed by atoms with E-state index in [-0.39, 0.29) is 18.4 Å². The minimum absolute atomic E-state index is 0.143. The first-order valence-electron chi connectivity index (χ1n) is 8.93. The molecule has 2 amide bonds. The zero-order chi connectivity index (χ0) is 19.9. The van der Waals surface area contributed by atoms with Crippen LogP contribution in [0, 0.1) is 12.3 Å². The van der Waals surface area contributed by atoms with E-state index in [1.807, 2.05) is 31.2 Å². The van der Waals surface area contributed by atoms with E-state index >= 15 is 0 Å². The maximum absolute atomic E-state index is 12.1. The third kappa shape index (κ3) is 4.49. The molecule has 1 aromatic heterocycles. The number of nitrogens with one attached hydrogen (secondary N) is 2. The van der Waals surface area contributed by atoms with Crippen molar-refractivity contribution in [2.24, 2.45) is 0 Å². The Bertz CT molecular complexity index is 1090. The molecule has 2 aromatic carbocycles. The van der Waals surface area contributed by atoms with E-state index in [2.05, 4.69) is 16.6 Å². The summed E-state index contributed by atoms with van der Waals surface area (Å²) >= 11 is 0. The predicted molar refractivity (Wildman–Crippen MR) is 111 cm³/mol. The summed E-state index contributed by atoms with van der Waals surface area (Å²) in [5.74, 6) is 2.63. The van der Waals surface area contributed by atoms with Gasteiger partial charge in [0.25, 0.3) is 0 Å². The van der Waals surface area contributed by atoms with Gasteiger partial charge < -0.3 is 15.1 Å². The molecule has 28 heavy (non-hydrogen) atoms. The van der Waals surface area contributed by atoms with Gasteiger partial charge in [-0.15, -0.1) is 6.42 Å². The first-order valence-corrected chi connectivity index (χ1v) is 8.93. The lowest BCUT2D eigenvalue weighted by Crippen LogP contribution is -2.31. The molecule has 0 aliphatic heterocycles. The van der Waals surface area contributed by atoms with Crippen molar-refractivity contribution in [3.8, 4) is 12.3 Å². The molecule has 5 nitrogen and oxygen atoms in total. The van der Waals surface area contributed by atoms with Gasteiger partial charge in [-0.25, -0.2) is 0 Å². The highest BCUT2D eigenvalue weighted by molar-refractivity contribution is 5.99. The van der Waals surface area contributed by atoms with Gasteiger partial charge in [0.05, 0.1) is 6.54 Å². The van der Waals surface area contributed by atoms with Crippen molar-refractivity contribution in [1.82, 2.24) is 5.32 Å². The van der Waals surface area contributed by atoms with Crippen LogP contribution >= 0.6 is 0 Å². The van der Waals surface area contributed by atoms with E-state index in [1.165, 1.54) is 6.08 Å². The van der Waals surface area contributed by atoms with Crippen LogP contribution in [0.1, 0.15) is 23.8 Å². The number of carbonyl (C=O) groups is 2.